The molecular weight excluding hydrogens is 292 g/mol. The van der Waals surface area contributed by atoms with Gasteiger partial charge in [0.15, 0.2) is 18.9 Å². The van der Waals surface area contributed by atoms with E-state index in [0.717, 1.165) is 12.3 Å². The van der Waals surface area contributed by atoms with Crippen molar-refractivity contribution in [3.05, 3.63) is 59.9 Å². The number of nitrogens with zero attached hydrogens (tertiary/aromatic N) is 2. The van der Waals surface area contributed by atoms with Crippen LogP contribution in [-0.4, -0.2) is 7.11 Å². The van der Waals surface area contributed by atoms with Crippen molar-refractivity contribution in [2.24, 2.45) is 0 Å². The second-order valence-corrected chi connectivity index (χ2v) is 3.72. The summed E-state index contributed by atoms with van der Waals surface area (Å²) in [5, 5.41) is 8.70. The monoisotopic (exact) mass is 304 g/mol. The van der Waals surface area contributed by atoms with Crippen molar-refractivity contribution >= 4 is 0 Å². The Hall–Kier alpha value is -1.86. The Morgan fingerprint density at radius 1 is 1.11 bits per heavy atom. The lowest BCUT2D eigenvalue weighted by Crippen LogP contribution is -3.00. The molecule has 2 rings (SSSR count). The minimum Gasteiger partial charge on any atom is -1.00 e. The highest BCUT2D eigenvalue weighted by molar-refractivity contribution is 5.27. The van der Waals surface area contributed by atoms with Gasteiger partial charge in [0, 0.05) is 17.7 Å². The molecule has 0 fully saturated rings. The van der Waals surface area contributed by atoms with E-state index in [4.69, 9.17) is 10.00 Å². The highest BCUT2D eigenvalue weighted by atomic mass is 79.9. The van der Waals surface area contributed by atoms with Crippen LogP contribution in [0.3, 0.4) is 0 Å². The van der Waals surface area contributed by atoms with Crippen molar-refractivity contribution in [3.8, 4) is 11.8 Å². The molecule has 0 aliphatic rings. The summed E-state index contributed by atoms with van der Waals surface area (Å²) < 4.78 is 7.14. The molecule has 0 atom stereocenters. The van der Waals surface area contributed by atoms with Crippen LogP contribution in [0.15, 0.2) is 48.8 Å². The van der Waals surface area contributed by atoms with Crippen LogP contribution >= 0.6 is 0 Å². The quantitative estimate of drug-likeness (QED) is 0.676. The number of hydrogen-bond donors (Lipinski definition) is 0. The predicted octanol–water partition coefficient (Wildman–Crippen LogP) is -1.09. The molecule has 92 valence electrons. The summed E-state index contributed by atoms with van der Waals surface area (Å²) in [6.45, 7) is 0.787. The lowest BCUT2D eigenvalue weighted by Gasteiger charge is -2.00. The molecule has 0 unspecified atom stereocenters. The molecule has 0 amide bonds. The number of rotatable bonds is 3. The van der Waals surface area contributed by atoms with Gasteiger partial charge in [-0.2, -0.15) is 5.26 Å². The van der Waals surface area contributed by atoms with Crippen molar-refractivity contribution in [2.75, 3.05) is 7.11 Å². The average molecular weight is 305 g/mol. The van der Waals surface area contributed by atoms with E-state index < -0.39 is 0 Å². The van der Waals surface area contributed by atoms with Crippen molar-refractivity contribution < 1.29 is 26.3 Å². The molecular formula is C14H13BrN2O. The molecule has 18 heavy (non-hydrogen) atoms. The molecule has 1 aromatic heterocycles. The van der Waals surface area contributed by atoms with Crippen molar-refractivity contribution in [1.82, 2.24) is 0 Å². The van der Waals surface area contributed by atoms with Crippen LogP contribution in [0.4, 0.5) is 0 Å². The summed E-state index contributed by atoms with van der Waals surface area (Å²) in [5.41, 5.74) is 1.87. The molecule has 0 spiro atoms. The van der Waals surface area contributed by atoms with Gasteiger partial charge in [-0.1, -0.05) is 0 Å². The fourth-order valence-corrected chi connectivity index (χ4v) is 1.58. The van der Waals surface area contributed by atoms with Crippen molar-refractivity contribution in [3.63, 3.8) is 0 Å². The molecule has 0 N–H and O–H groups in total. The zero-order valence-corrected chi connectivity index (χ0v) is 11.6. The minimum atomic E-state index is 0. The fraction of sp³-hybridized carbons (Fsp3) is 0.143. The van der Waals surface area contributed by atoms with Gasteiger partial charge in [-0.3, -0.25) is 0 Å². The number of hydrogen-bond acceptors (Lipinski definition) is 2. The summed E-state index contributed by atoms with van der Waals surface area (Å²) in [7, 11) is 1.66. The largest absolute Gasteiger partial charge is 1.00 e. The molecule has 4 heteroatoms. The summed E-state index contributed by atoms with van der Waals surface area (Å²) in [5.74, 6) is 0.860. The Kier molecular flexibility index (Phi) is 5.34. The first-order chi connectivity index (χ1) is 8.31. The number of benzene rings is 1. The van der Waals surface area contributed by atoms with E-state index in [1.54, 1.807) is 7.11 Å². The third-order valence-corrected chi connectivity index (χ3v) is 2.54. The summed E-state index contributed by atoms with van der Waals surface area (Å²) in [4.78, 5) is 0. The van der Waals surface area contributed by atoms with Crippen LogP contribution in [0.25, 0.3) is 0 Å². The van der Waals surface area contributed by atoms with Crippen LogP contribution in [0.2, 0.25) is 0 Å². The smallest absolute Gasteiger partial charge is 0.173 e. The van der Waals surface area contributed by atoms with Gasteiger partial charge in [0.05, 0.1) is 18.7 Å². The molecule has 0 radical (unpaired) electrons. The Balaban J connectivity index is 0.00000162. The number of pyridine rings is 1. The Morgan fingerprint density at radius 3 is 2.22 bits per heavy atom. The number of halogens is 1. The van der Waals surface area contributed by atoms with E-state index in [2.05, 4.69) is 6.07 Å². The third-order valence-electron chi connectivity index (χ3n) is 2.54. The van der Waals surface area contributed by atoms with Gasteiger partial charge in [-0.05, 0) is 24.3 Å². The van der Waals surface area contributed by atoms with E-state index in [1.165, 1.54) is 5.56 Å². The van der Waals surface area contributed by atoms with Crippen LogP contribution in [0.5, 0.6) is 5.75 Å². The number of aromatic nitrogens is 1. The van der Waals surface area contributed by atoms with Crippen molar-refractivity contribution in [1.29, 1.82) is 5.26 Å². The molecule has 0 saturated carbocycles. The van der Waals surface area contributed by atoms with E-state index in [-0.39, 0.29) is 17.0 Å². The van der Waals surface area contributed by atoms with Gasteiger partial charge in [0.1, 0.15) is 5.75 Å². The summed E-state index contributed by atoms with van der Waals surface area (Å²) in [6.07, 6.45) is 3.81. The lowest BCUT2D eigenvalue weighted by atomic mass is 10.2. The van der Waals surface area contributed by atoms with Gasteiger partial charge in [0.25, 0.3) is 0 Å². The predicted molar refractivity (Wildman–Crippen MR) is 63.4 cm³/mol. The maximum absolute atomic E-state index is 8.70. The molecule has 2 aromatic rings. The van der Waals surface area contributed by atoms with Gasteiger partial charge in [-0.15, -0.1) is 0 Å². The van der Waals surface area contributed by atoms with E-state index in [9.17, 15) is 0 Å². The molecule has 0 saturated heterocycles. The zero-order valence-electron chi connectivity index (χ0n) is 10.0. The van der Waals surface area contributed by atoms with Crippen LogP contribution in [0.1, 0.15) is 11.1 Å². The van der Waals surface area contributed by atoms with Gasteiger partial charge < -0.3 is 21.7 Å². The highest BCUT2D eigenvalue weighted by Crippen LogP contribution is 2.10. The minimum absolute atomic E-state index is 0. The SMILES string of the molecule is COc1ccc(C[n+]2ccc(C#N)cc2)cc1.[Br-]. The van der Waals surface area contributed by atoms with Crippen LogP contribution < -0.4 is 26.3 Å². The maximum Gasteiger partial charge on any atom is 0.173 e. The molecule has 1 heterocycles. The second-order valence-electron chi connectivity index (χ2n) is 3.72. The summed E-state index contributed by atoms with van der Waals surface area (Å²) in [6, 6.07) is 13.7. The zero-order chi connectivity index (χ0) is 12.1. The maximum atomic E-state index is 8.70. The Bertz CT molecular complexity index is 529. The topological polar surface area (TPSA) is 36.9 Å². The van der Waals surface area contributed by atoms with E-state index >= 15 is 0 Å². The van der Waals surface area contributed by atoms with Crippen molar-refractivity contribution in [2.45, 2.75) is 6.54 Å². The Labute approximate surface area is 117 Å². The van der Waals surface area contributed by atoms with Gasteiger partial charge >= 0.3 is 0 Å². The average Bonchev–Trinajstić information content (AvgIpc) is 2.40. The first-order valence-electron chi connectivity index (χ1n) is 5.34. The first-order valence-corrected chi connectivity index (χ1v) is 5.34. The third kappa shape index (κ3) is 3.57. The number of ether oxygens (including phenoxy) is 1. The highest BCUT2D eigenvalue weighted by Gasteiger charge is 2.02. The molecule has 0 bridgehead atoms. The number of methoxy groups -OCH3 is 1. The Morgan fingerprint density at radius 2 is 1.72 bits per heavy atom. The molecule has 3 nitrogen and oxygen atoms in total. The van der Waals surface area contributed by atoms with E-state index in [0.29, 0.717) is 5.56 Å². The standard InChI is InChI=1S/C14H13N2O.BrH/c1-17-14-4-2-13(3-5-14)11-16-8-6-12(10-15)7-9-16;/h2-9H,11H2,1H3;1H/q+1;/p-1. The summed E-state index contributed by atoms with van der Waals surface area (Å²) >= 11 is 0. The molecule has 1 aromatic carbocycles. The lowest BCUT2D eigenvalue weighted by molar-refractivity contribution is -0.688. The number of nitriles is 1. The molecule has 0 aliphatic heterocycles. The normalized spacial score (nSPS) is 9.11. The van der Waals surface area contributed by atoms with Crippen LogP contribution in [0, 0.1) is 11.3 Å². The first kappa shape index (κ1) is 14.2. The van der Waals surface area contributed by atoms with Crippen LogP contribution in [-0.2, 0) is 6.54 Å². The van der Waals surface area contributed by atoms with Gasteiger partial charge in [-0.25, -0.2) is 4.57 Å². The molecule has 0 aliphatic carbocycles. The second kappa shape index (κ2) is 6.77. The fourth-order valence-electron chi connectivity index (χ4n) is 1.58. The van der Waals surface area contributed by atoms with E-state index in [1.807, 2.05) is 53.4 Å². The van der Waals surface area contributed by atoms with Gasteiger partial charge in [0.2, 0.25) is 0 Å².